The molecule has 0 radical (unpaired) electrons. The number of nitrogens with one attached hydrogen (secondary N) is 1. The summed E-state index contributed by atoms with van der Waals surface area (Å²) in [4.78, 5) is 16.3. The maximum absolute atomic E-state index is 12.2. The summed E-state index contributed by atoms with van der Waals surface area (Å²) in [7, 11) is 1.79. The molecule has 1 aliphatic heterocycles. The fraction of sp³-hybridized carbons (Fsp3) is 0.375. The van der Waals surface area contributed by atoms with E-state index in [9.17, 15) is 4.79 Å². The molecule has 0 spiro atoms. The summed E-state index contributed by atoms with van der Waals surface area (Å²) in [5.41, 5.74) is 0.965. The SMILES string of the molecule is C[C@H](NC(=O)c1nccn1C)c1ccc2c(c1)OCCCO2. The molecule has 1 aromatic carbocycles. The van der Waals surface area contributed by atoms with Gasteiger partial charge in [0.25, 0.3) is 5.91 Å². The van der Waals surface area contributed by atoms with E-state index < -0.39 is 0 Å². The minimum atomic E-state index is -0.202. The fourth-order valence-electron chi connectivity index (χ4n) is 2.38. The van der Waals surface area contributed by atoms with Crippen molar-refractivity contribution in [1.82, 2.24) is 14.9 Å². The maximum Gasteiger partial charge on any atom is 0.287 e. The van der Waals surface area contributed by atoms with E-state index in [-0.39, 0.29) is 11.9 Å². The highest BCUT2D eigenvalue weighted by molar-refractivity contribution is 5.91. The summed E-state index contributed by atoms with van der Waals surface area (Å²) in [5, 5.41) is 2.94. The number of benzene rings is 1. The Morgan fingerprint density at radius 3 is 2.82 bits per heavy atom. The lowest BCUT2D eigenvalue weighted by atomic mass is 10.1. The van der Waals surface area contributed by atoms with Gasteiger partial charge in [-0.1, -0.05) is 6.07 Å². The molecule has 6 heteroatoms. The van der Waals surface area contributed by atoms with Crippen LogP contribution in [-0.4, -0.2) is 28.7 Å². The van der Waals surface area contributed by atoms with Crippen molar-refractivity contribution < 1.29 is 14.3 Å². The van der Waals surface area contributed by atoms with Crippen LogP contribution in [-0.2, 0) is 7.05 Å². The van der Waals surface area contributed by atoms with Crippen molar-refractivity contribution >= 4 is 5.91 Å². The molecule has 1 amide bonds. The number of carbonyl (C=O) groups excluding carboxylic acids is 1. The molecule has 0 unspecified atom stereocenters. The summed E-state index contributed by atoms with van der Waals surface area (Å²) >= 11 is 0. The van der Waals surface area contributed by atoms with E-state index in [0.717, 1.165) is 23.5 Å². The summed E-state index contributed by atoms with van der Waals surface area (Å²) < 4.78 is 13.0. The van der Waals surface area contributed by atoms with Crippen LogP contribution in [0.1, 0.15) is 35.6 Å². The van der Waals surface area contributed by atoms with Crippen LogP contribution in [0.4, 0.5) is 0 Å². The summed E-state index contributed by atoms with van der Waals surface area (Å²) in [6, 6.07) is 5.60. The minimum Gasteiger partial charge on any atom is -0.490 e. The zero-order chi connectivity index (χ0) is 15.5. The van der Waals surface area contributed by atoms with Crippen molar-refractivity contribution in [2.24, 2.45) is 7.05 Å². The number of imidazole rings is 1. The second-order valence-electron chi connectivity index (χ2n) is 5.31. The number of aryl methyl sites for hydroxylation is 1. The largest absolute Gasteiger partial charge is 0.490 e. The molecule has 0 bridgehead atoms. The van der Waals surface area contributed by atoms with Crippen LogP contribution in [0.2, 0.25) is 0 Å². The number of aromatic nitrogens is 2. The Kier molecular flexibility index (Phi) is 4.00. The molecular weight excluding hydrogens is 282 g/mol. The van der Waals surface area contributed by atoms with Gasteiger partial charge in [-0.25, -0.2) is 4.98 Å². The quantitative estimate of drug-likeness (QED) is 0.942. The third-order valence-corrected chi connectivity index (χ3v) is 3.64. The number of carbonyl (C=O) groups is 1. The van der Waals surface area contributed by atoms with Crippen molar-refractivity contribution in [1.29, 1.82) is 0 Å². The maximum atomic E-state index is 12.2. The lowest BCUT2D eigenvalue weighted by Gasteiger charge is -2.16. The van der Waals surface area contributed by atoms with E-state index in [1.165, 1.54) is 0 Å². The van der Waals surface area contributed by atoms with Crippen LogP contribution in [0, 0.1) is 0 Å². The van der Waals surface area contributed by atoms with Crippen LogP contribution in [0.15, 0.2) is 30.6 Å². The molecule has 1 atom stereocenters. The third kappa shape index (κ3) is 2.90. The molecule has 2 heterocycles. The van der Waals surface area contributed by atoms with E-state index in [2.05, 4.69) is 10.3 Å². The van der Waals surface area contributed by atoms with Gasteiger partial charge in [0.05, 0.1) is 19.3 Å². The van der Waals surface area contributed by atoms with Gasteiger partial charge in [-0.2, -0.15) is 0 Å². The smallest absolute Gasteiger partial charge is 0.287 e. The molecule has 0 saturated heterocycles. The Bertz CT molecular complexity index is 681. The van der Waals surface area contributed by atoms with Gasteiger partial charge in [0.2, 0.25) is 0 Å². The molecule has 22 heavy (non-hydrogen) atoms. The Morgan fingerprint density at radius 1 is 1.32 bits per heavy atom. The summed E-state index contributed by atoms with van der Waals surface area (Å²) in [6.07, 6.45) is 4.22. The highest BCUT2D eigenvalue weighted by Gasteiger charge is 2.17. The molecule has 0 aliphatic carbocycles. The van der Waals surface area contributed by atoms with Gasteiger partial charge in [0.1, 0.15) is 0 Å². The highest BCUT2D eigenvalue weighted by Crippen LogP contribution is 2.32. The number of ether oxygens (including phenoxy) is 2. The van der Waals surface area contributed by atoms with Gasteiger partial charge in [-0.05, 0) is 24.6 Å². The van der Waals surface area contributed by atoms with Gasteiger partial charge in [0, 0.05) is 25.9 Å². The first-order valence-corrected chi connectivity index (χ1v) is 7.33. The van der Waals surface area contributed by atoms with Crippen LogP contribution in [0.5, 0.6) is 11.5 Å². The molecule has 1 N–H and O–H groups in total. The summed E-state index contributed by atoms with van der Waals surface area (Å²) in [5.74, 6) is 1.67. The molecule has 1 aliphatic rings. The average molecular weight is 301 g/mol. The van der Waals surface area contributed by atoms with Gasteiger partial charge in [-0.15, -0.1) is 0 Å². The molecule has 0 saturated carbocycles. The van der Waals surface area contributed by atoms with E-state index in [1.807, 2.05) is 25.1 Å². The predicted octanol–water partition coefficient (Wildman–Crippen LogP) is 2.07. The topological polar surface area (TPSA) is 65.4 Å². The third-order valence-electron chi connectivity index (χ3n) is 3.64. The van der Waals surface area contributed by atoms with E-state index in [1.54, 1.807) is 24.0 Å². The first kappa shape index (κ1) is 14.4. The van der Waals surface area contributed by atoms with Crippen LogP contribution >= 0.6 is 0 Å². The van der Waals surface area contributed by atoms with E-state index in [4.69, 9.17) is 9.47 Å². The van der Waals surface area contributed by atoms with Gasteiger partial charge < -0.3 is 19.4 Å². The Balaban J connectivity index is 1.75. The average Bonchev–Trinajstić information content (AvgIpc) is 2.80. The first-order valence-electron chi connectivity index (χ1n) is 7.33. The second kappa shape index (κ2) is 6.09. The Morgan fingerprint density at radius 2 is 2.09 bits per heavy atom. The molecule has 0 fully saturated rings. The monoisotopic (exact) mass is 301 g/mol. The van der Waals surface area contributed by atoms with Crippen LogP contribution < -0.4 is 14.8 Å². The van der Waals surface area contributed by atoms with Crippen molar-refractivity contribution in [2.75, 3.05) is 13.2 Å². The van der Waals surface area contributed by atoms with Crippen molar-refractivity contribution in [3.05, 3.63) is 42.0 Å². The molecule has 6 nitrogen and oxygen atoms in total. The Hall–Kier alpha value is -2.50. The fourth-order valence-corrected chi connectivity index (χ4v) is 2.38. The van der Waals surface area contributed by atoms with Gasteiger partial charge >= 0.3 is 0 Å². The minimum absolute atomic E-state index is 0.152. The number of hydrogen-bond acceptors (Lipinski definition) is 4. The van der Waals surface area contributed by atoms with E-state index >= 15 is 0 Å². The van der Waals surface area contributed by atoms with Crippen LogP contribution in [0.25, 0.3) is 0 Å². The normalized spacial score (nSPS) is 15.0. The number of amides is 1. The zero-order valence-corrected chi connectivity index (χ0v) is 12.7. The molecule has 116 valence electrons. The number of hydrogen-bond donors (Lipinski definition) is 1. The second-order valence-corrected chi connectivity index (χ2v) is 5.31. The number of nitrogens with zero attached hydrogens (tertiary/aromatic N) is 2. The lowest BCUT2D eigenvalue weighted by Crippen LogP contribution is -2.28. The van der Waals surface area contributed by atoms with Crippen molar-refractivity contribution in [2.45, 2.75) is 19.4 Å². The highest BCUT2D eigenvalue weighted by atomic mass is 16.5. The van der Waals surface area contributed by atoms with Crippen molar-refractivity contribution in [3.8, 4) is 11.5 Å². The molecular formula is C16H19N3O3. The summed E-state index contributed by atoms with van der Waals surface area (Å²) in [6.45, 7) is 3.24. The van der Waals surface area contributed by atoms with Crippen molar-refractivity contribution in [3.63, 3.8) is 0 Å². The number of fused-ring (bicyclic) bond motifs is 1. The standard InChI is InChI=1S/C16H19N3O3/c1-11(18-16(20)15-17-6-7-19(15)2)12-4-5-13-14(10-12)22-9-3-8-21-13/h4-7,10-11H,3,8-9H2,1-2H3,(H,18,20)/t11-/m0/s1. The molecule has 1 aromatic heterocycles. The zero-order valence-electron chi connectivity index (χ0n) is 12.7. The number of rotatable bonds is 3. The predicted molar refractivity (Wildman–Crippen MR) is 81.1 cm³/mol. The first-order chi connectivity index (χ1) is 10.6. The Labute approximate surface area is 129 Å². The van der Waals surface area contributed by atoms with Gasteiger partial charge in [-0.3, -0.25) is 4.79 Å². The molecule has 2 aromatic rings. The van der Waals surface area contributed by atoms with Crippen LogP contribution in [0.3, 0.4) is 0 Å². The van der Waals surface area contributed by atoms with Gasteiger partial charge in [0.15, 0.2) is 17.3 Å². The lowest BCUT2D eigenvalue weighted by molar-refractivity contribution is 0.0926. The molecule has 3 rings (SSSR count). The van der Waals surface area contributed by atoms with E-state index in [0.29, 0.717) is 19.0 Å².